The van der Waals surface area contributed by atoms with Crippen LogP contribution >= 0.6 is 23.4 Å². The average molecular weight is 575 g/mol. The van der Waals surface area contributed by atoms with Crippen LogP contribution in [0.15, 0.2) is 84.0 Å². The minimum atomic E-state index is -0.948. The van der Waals surface area contributed by atoms with Crippen molar-refractivity contribution < 1.29 is 19.1 Å². The topological polar surface area (TPSA) is 93.7 Å². The standard InChI is InChI=1S/C30H27ClN4O4S/c1-19-14-20(2)33-30(32-19)40-17-27(36)35(16-21-6-4-3-5-7-21)28(22-8-10-23(31)11-9-22)29(37)34-24-12-13-25-26(15-24)39-18-38-25/h3-15,28H,16-18H2,1-2H3,(H,34,37). The SMILES string of the molecule is Cc1cc(C)nc(SCC(=O)N(Cc2ccccc2)C(C(=O)Nc2ccc3c(c2)OCO3)c2ccc(Cl)cc2)n1. The lowest BCUT2D eigenvalue weighted by Gasteiger charge is -2.31. The molecule has 0 radical (unpaired) electrons. The Hall–Kier alpha value is -4.08. The molecule has 1 unspecified atom stereocenters. The van der Waals surface area contributed by atoms with Gasteiger partial charge in [0.15, 0.2) is 16.7 Å². The molecule has 5 rings (SSSR count). The number of ether oxygens (including phenoxy) is 2. The minimum Gasteiger partial charge on any atom is -0.454 e. The molecule has 10 heteroatoms. The number of fused-ring (bicyclic) bond motifs is 1. The molecule has 0 saturated heterocycles. The second kappa shape index (κ2) is 12.4. The van der Waals surface area contributed by atoms with Crippen LogP contribution in [0.4, 0.5) is 5.69 Å². The number of rotatable bonds is 9. The second-order valence-corrected chi connectivity index (χ2v) is 10.6. The smallest absolute Gasteiger partial charge is 0.251 e. The number of carbonyl (C=O) groups is 2. The summed E-state index contributed by atoms with van der Waals surface area (Å²) in [6.45, 7) is 4.12. The fourth-order valence-electron chi connectivity index (χ4n) is 4.37. The van der Waals surface area contributed by atoms with E-state index in [1.807, 2.05) is 50.2 Å². The van der Waals surface area contributed by atoms with Crippen molar-refractivity contribution >= 4 is 40.9 Å². The number of carbonyl (C=O) groups excluding carboxylic acids is 2. The lowest BCUT2D eigenvalue weighted by molar-refractivity contribution is -0.137. The molecule has 1 N–H and O–H groups in total. The largest absolute Gasteiger partial charge is 0.454 e. The van der Waals surface area contributed by atoms with Gasteiger partial charge < -0.3 is 19.7 Å². The number of halogens is 1. The second-order valence-electron chi connectivity index (χ2n) is 9.24. The van der Waals surface area contributed by atoms with Gasteiger partial charge in [0.1, 0.15) is 6.04 Å². The highest BCUT2D eigenvalue weighted by molar-refractivity contribution is 7.99. The summed E-state index contributed by atoms with van der Waals surface area (Å²) in [6, 6.07) is 22.6. The van der Waals surface area contributed by atoms with Crippen LogP contribution in [0.1, 0.15) is 28.6 Å². The van der Waals surface area contributed by atoms with Gasteiger partial charge in [-0.05, 0) is 55.3 Å². The zero-order valence-electron chi connectivity index (χ0n) is 22.0. The fourth-order valence-corrected chi connectivity index (χ4v) is 5.34. The first kappa shape index (κ1) is 27.5. The molecule has 0 saturated carbocycles. The van der Waals surface area contributed by atoms with Gasteiger partial charge >= 0.3 is 0 Å². The predicted octanol–water partition coefficient (Wildman–Crippen LogP) is 5.98. The Morgan fingerprint density at radius 2 is 1.65 bits per heavy atom. The van der Waals surface area contributed by atoms with Gasteiger partial charge in [0.2, 0.25) is 12.7 Å². The number of hydrogen-bond acceptors (Lipinski definition) is 7. The number of benzene rings is 3. The molecule has 2 heterocycles. The maximum absolute atomic E-state index is 14.0. The van der Waals surface area contributed by atoms with Gasteiger partial charge in [-0.25, -0.2) is 9.97 Å². The average Bonchev–Trinajstić information content (AvgIpc) is 3.40. The lowest BCUT2D eigenvalue weighted by atomic mass is 10.0. The molecule has 2 amide bonds. The van der Waals surface area contributed by atoms with Crippen molar-refractivity contribution in [2.75, 3.05) is 17.9 Å². The van der Waals surface area contributed by atoms with Crippen LogP contribution in [0.2, 0.25) is 5.02 Å². The van der Waals surface area contributed by atoms with Gasteiger partial charge in [-0.1, -0.05) is 65.8 Å². The van der Waals surface area contributed by atoms with Gasteiger partial charge in [0.05, 0.1) is 5.75 Å². The summed E-state index contributed by atoms with van der Waals surface area (Å²) in [6.07, 6.45) is 0. The first-order chi connectivity index (χ1) is 19.4. The first-order valence-electron chi connectivity index (χ1n) is 12.6. The highest BCUT2D eigenvalue weighted by atomic mass is 35.5. The molecule has 0 spiro atoms. The van der Waals surface area contributed by atoms with Crippen molar-refractivity contribution in [1.82, 2.24) is 14.9 Å². The predicted molar refractivity (Wildman–Crippen MR) is 155 cm³/mol. The maximum Gasteiger partial charge on any atom is 0.251 e. The van der Waals surface area contributed by atoms with E-state index in [0.29, 0.717) is 32.9 Å². The van der Waals surface area contributed by atoms with Crippen molar-refractivity contribution in [3.63, 3.8) is 0 Å². The molecule has 0 bridgehead atoms. The summed E-state index contributed by atoms with van der Waals surface area (Å²) >= 11 is 7.41. The number of nitrogens with zero attached hydrogens (tertiary/aromatic N) is 3. The Balaban J connectivity index is 1.47. The van der Waals surface area contributed by atoms with E-state index in [4.69, 9.17) is 21.1 Å². The molecule has 40 heavy (non-hydrogen) atoms. The van der Waals surface area contributed by atoms with Crippen LogP contribution in [0.25, 0.3) is 0 Å². The van der Waals surface area contributed by atoms with Crippen molar-refractivity contribution in [1.29, 1.82) is 0 Å². The van der Waals surface area contributed by atoms with Gasteiger partial charge in [-0.3, -0.25) is 9.59 Å². The van der Waals surface area contributed by atoms with Crippen LogP contribution in [-0.4, -0.2) is 39.2 Å². The Labute approximate surface area is 241 Å². The van der Waals surface area contributed by atoms with E-state index in [1.54, 1.807) is 47.4 Å². The van der Waals surface area contributed by atoms with Gasteiger partial charge in [0.25, 0.3) is 5.91 Å². The van der Waals surface area contributed by atoms with Gasteiger partial charge in [-0.15, -0.1) is 0 Å². The third kappa shape index (κ3) is 6.73. The Kier molecular flexibility index (Phi) is 8.52. The number of aryl methyl sites for hydroxylation is 2. The summed E-state index contributed by atoms with van der Waals surface area (Å²) in [5.41, 5.74) is 3.69. The fraction of sp³-hybridized carbons (Fsp3) is 0.200. The van der Waals surface area contributed by atoms with Gasteiger partial charge in [0, 0.05) is 34.7 Å². The summed E-state index contributed by atoms with van der Waals surface area (Å²) in [5, 5.41) is 4.00. The summed E-state index contributed by atoms with van der Waals surface area (Å²) < 4.78 is 10.9. The molecule has 0 fully saturated rings. The normalized spacial score (nSPS) is 12.6. The van der Waals surface area contributed by atoms with Gasteiger partial charge in [-0.2, -0.15) is 0 Å². The van der Waals surface area contributed by atoms with Crippen molar-refractivity contribution in [3.8, 4) is 11.5 Å². The van der Waals surface area contributed by atoms with Crippen LogP contribution in [-0.2, 0) is 16.1 Å². The zero-order chi connectivity index (χ0) is 28.1. The van der Waals surface area contributed by atoms with Crippen molar-refractivity contribution in [2.24, 2.45) is 0 Å². The van der Waals surface area contributed by atoms with Crippen LogP contribution < -0.4 is 14.8 Å². The number of amides is 2. The third-order valence-electron chi connectivity index (χ3n) is 6.19. The van der Waals surface area contributed by atoms with E-state index in [2.05, 4.69) is 15.3 Å². The van der Waals surface area contributed by atoms with E-state index < -0.39 is 6.04 Å². The number of aromatic nitrogens is 2. The highest BCUT2D eigenvalue weighted by Crippen LogP contribution is 2.35. The van der Waals surface area contributed by atoms with E-state index in [1.165, 1.54) is 11.8 Å². The lowest BCUT2D eigenvalue weighted by Crippen LogP contribution is -2.41. The molecule has 0 aliphatic carbocycles. The Morgan fingerprint density at radius 3 is 2.38 bits per heavy atom. The molecular weight excluding hydrogens is 548 g/mol. The summed E-state index contributed by atoms with van der Waals surface area (Å²) in [7, 11) is 0. The quantitative estimate of drug-likeness (QED) is 0.194. The Morgan fingerprint density at radius 1 is 0.950 bits per heavy atom. The minimum absolute atomic E-state index is 0.0527. The van der Waals surface area contributed by atoms with Crippen molar-refractivity contribution in [2.45, 2.75) is 31.6 Å². The molecular formula is C30H27ClN4O4S. The monoisotopic (exact) mass is 574 g/mol. The molecule has 3 aromatic carbocycles. The molecule has 8 nitrogen and oxygen atoms in total. The van der Waals surface area contributed by atoms with E-state index in [9.17, 15) is 9.59 Å². The van der Waals surface area contributed by atoms with Crippen molar-refractivity contribution in [3.05, 3.63) is 106 Å². The van der Waals surface area contributed by atoms with E-state index >= 15 is 0 Å². The molecule has 1 atom stereocenters. The number of anilines is 1. The molecule has 1 aromatic heterocycles. The first-order valence-corrected chi connectivity index (χ1v) is 14.0. The highest BCUT2D eigenvalue weighted by Gasteiger charge is 2.32. The van der Waals surface area contributed by atoms with E-state index in [0.717, 1.165) is 17.0 Å². The molecule has 1 aliphatic heterocycles. The molecule has 4 aromatic rings. The van der Waals surface area contributed by atoms with E-state index in [-0.39, 0.29) is 30.9 Å². The summed E-state index contributed by atoms with van der Waals surface area (Å²) in [5.74, 6) is 0.592. The van der Waals surface area contributed by atoms with Crippen LogP contribution in [0, 0.1) is 13.8 Å². The zero-order valence-corrected chi connectivity index (χ0v) is 23.5. The maximum atomic E-state index is 14.0. The number of hydrogen-bond donors (Lipinski definition) is 1. The summed E-state index contributed by atoms with van der Waals surface area (Å²) in [4.78, 5) is 38.3. The number of nitrogens with one attached hydrogen (secondary N) is 1. The van der Waals surface area contributed by atoms with Crippen LogP contribution in [0.3, 0.4) is 0 Å². The Bertz CT molecular complexity index is 1500. The molecule has 1 aliphatic rings. The molecule has 204 valence electrons. The van der Waals surface area contributed by atoms with Crippen LogP contribution in [0.5, 0.6) is 11.5 Å². The number of thioether (sulfide) groups is 1. The third-order valence-corrected chi connectivity index (χ3v) is 7.27.